The second kappa shape index (κ2) is 2.59. The molecule has 1 aliphatic heterocycles. The van der Waals surface area contributed by atoms with Crippen LogP contribution in [0.4, 0.5) is 8.78 Å². The lowest BCUT2D eigenvalue weighted by Crippen LogP contribution is -2.32. The third kappa shape index (κ3) is 1.11. The topological polar surface area (TPSA) is 3.24 Å². The average molecular weight is 174 g/mol. The molecular weight excluding hydrogens is 160 g/mol. The van der Waals surface area contributed by atoms with Gasteiger partial charge in [0.2, 0.25) is 0 Å². The van der Waals surface area contributed by atoms with Crippen LogP contribution in [0.15, 0.2) is 0 Å². The van der Waals surface area contributed by atoms with Crippen molar-refractivity contribution in [2.75, 3.05) is 13.6 Å². The molecule has 2 rings (SSSR count). The van der Waals surface area contributed by atoms with Gasteiger partial charge < -0.3 is 0 Å². The molecule has 12 heavy (non-hydrogen) atoms. The van der Waals surface area contributed by atoms with Gasteiger partial charge >= 0.3 is 5.92 Å². The molecule has 0 radical (unpaired) electrons. The highest BCUT2D eigenvalue weighted by Crippen LogP contribution is 2.46. The maximum atomic E-state index is 13.3. The number of fused-ring (bicyclic) bond motifs is 1. The summed E-state index contributed by atoms with van der Waals surface area (Å²) in [7, 11) is 1.80. The molecule has 68 valence electrons. The minimum Gasteiger partial charge on any atom is -0.255 e. The van der Waals surface area contributed by atoms with Crippen LogP contribution in [-0.4, -0.2) is 30.5 Å². The summed E-state index contributed by atoms with van der Waals surface area (Å²) in [6.07, 6.45) is 3.63. The predicted octanol–water partition coefficient (Wildman–Crippen LogP) is 2.08. The van der Waals surface area contributed by atoms with E-state index in [9.17, 15) is 8.78 Å². The summed E-state index contributed by atoms with van der Waals surface area (Å²) in [4.78, 5) is 1.80. The fourth-order valence-corrected chi connectivity index (χ4v) is 2.43. The summed E-state index contributed by atoms with van der Waals surface area (Å²) in [6, 6.07) is 0.0775. The van der Waals surface area contributed by atoms with Crippen molar-refractivity contribution in [3.63, 3.8) is 0 Å². The highest BCUT2D eigenvalue weighted by Gasteiger charge is 2.63. The van der Waals surface area contributed by atoms with Gasteiger partial charge in [-0.25, -0.2) is 0 Å². The predicted molar refractivity (Wildman–Crippen MR) is 43.1 cm³/mol. The number of nitrogens with zero attached hydrogens (tertiary/aromatic N) is 1. The van der Waals surface area contributed by atoms with E-state index in [1.54, 1.807) is 11.9 Å². The average Bonchev–Trinajstić information content (AvgIpc) is 2.25. The molecule has 1 saturated heterocycles. The Morgan fingerprint density at radius 1 is 1.42 bits per heavy atom. The van der Waals surface area contributed by atoms with E-state index in [4.69, 9.17) is 0 Å². The Bertz CT molecular complexity index is 181. The van der Waals surface area contributed by atoms with Gasteiger partial charge in [0, 0.05) is 6.42 Å². The van der Waals surface area contributed by atoms with Crippen LogP contribution >= 0.6 is 0 Å². The molecule has 1 nitrogen and oxygen atoms in total. The van der Waals surface area contributed by atoms with Gasteiger partial charge in [-0.3, -0.25) is 4.90 Å². The Morgan fingerprint density at radius 3 is 2.83 bits per heavy atom. The van der Waals surface area contributed by atoms with Crippen LogP contribution in [0.3, 0.4) is 0 Å². The van der Waals surface area contributed by atoms with E-state index in [1.807, 2.05) is 0 Å². The molecule has 0 aromatic carbocycles. The monoisotopic (exact) mass is 174 g/mol. The fourth-order valence-electron chi connectivity index (χ4n) is 2.43. The summed E-state index contributed by atoms with van der Waals surface area (Å²) >= 11 is 0. The Labute approximate surface area is 71.7 Å². The molecule has 0 aromatic heterocycles. The van der Waals surface area contributed by atoms with E-state index in [0.717, 1.165) is 19.3 Å². The third-order valence-corrected chi connectivity index (χ3v) is 3.03. The molecule has 0 amide bonds. The molecule has 0 N–H and O–H groups in total. The molecule has 0 aromatic rings. The number of hydrogen-bond acceptors (Lipinski definition) is 1. The zero-order valence-electron chi connectivity index (χ0n) is 7.32. The van der Waals surface area contributed by atoms with E-state index in [2.05, 4.69) is 0 Å². The van der Waals surface area contributed by atoms with E-state index < -0.39 is 5.92 Å². The Balaban J connectivity index is 2.16. The zero-order chi connectivity index (χ0) is 8.77. The van der Waals surface area contributed by atoms with Crippen LogP contribution in [0.25, 0.3) is 0 Å². The zero-order valence-corrected chi connectivity index (χ0v) is 7.32. The van der Waals surface area contributed by atoms with Gasteiger partial charge in [-0.15, -0.1) is 0 Å². The molecule has 1 atom stereocenters. The van der Waals surface area contributed by atoms with Crippen LogP contribution in [0, 0.1) is 5.92 Å². The lowest BCUT2D eigenvalue weighted by Gasteiger charge is -2.20. The molecule has 1 aliphatic carbocycles. The molecule has 1 unspecified atom stereocenters. The normalized spacial score (nSPS) is 35.2. The largest absolute Gasteiger partial charge is 0.403 e. The fraction of sp³-hybridized carbons (Fsp3) is 0.889. The first kappa shape index (κ1) is 8.30. The van der Waals surface area contributed by atoms with Crippen molar-refractivity contribution in [3.8, 4) is 0 Å². The minimum absolute atomic E-state index is 0.0625. The van der Waals surface area contributed by atoms with Gasteiger partial charge in [0.1, 0.15) is 6.54 Å². The van der Waals surface area contributed by atoms with E-state index in [0.29, 0.717) is 12.3 Å². The third-order valence-electron chi connectivity index (χ3n) is 3.03. The molecule has 0 spiro atoms. The quantitative estimate of drug-likeness (QED) is 0.508. The highest BCUT2D eigenvalue weighted by molar-refractivity contribution is 5.19. The molecule has 3 heteroatoms. The van der Waals surface area contributed by atoms with Crippen molar-refractivity contribution in [2.24, 2.45) is 0 Å². The standard InChI is InChI=1S/C9H14F2N/c1-12-6-9(10,11)7-4-2-3-5-8(7)12/h8H,2-6H2,1H3/q+1. The van der Waals surface area contributed by atoms with E-state index in [-0.39, 0.29) is 12.6 Å². The summed E-state index contributed by atoms with van der Waals surface area (Å²) in [5.41, 5.74) is 0. The van der Waals surface area contributed by atoms with Gasteiger partial charge in [0.15, 0.2) is 12.0 Å². The minimum atomic E-state index is -2.50. The summed E-state index contributed by atoms with van der Waals surface area (Å²) in [6.45, 7) is -0.0625. The second-order valence-corrected chi connectivity index (χ2v) is 3.91. The van der Waals surface area contributed by atoms with Gasteiger partial charge in [-0.2, -0.15) is 8.78 Å². The number of rotatable bonds is 0. The Morgan fingerprint density at radius 2 is 2.17 bits per heavy atom. The van der Waals surface area contributed by atoms with Crippen molar-refractivity contribution < 1.29 is 8.78 Å². The highest BCUT2D eigenvalue weighted by atomic mass is 19.3. The molecule has 1 heterocycles. The lowest BCUT2D eigenvalue weighted by atomic mass is 9.83. The number of hydrogen-bond donors (Lipinski definition) is 0. The van der Waals surface area contributed by atoms with Crippen LogP contribution in [0.1, 0.15) is 25.7 Å². The van der Waals surface area contributed by atoms with Crippen LogP contribution in [0.2, 0.25) is 0 Å². The first-order valence-corrected chi connectivity index (χ1v) is 4.55. The van der Waals surface area contributed by atoms with Crippen molar-refractivity contribution in [2.45, 2.75) is 37.6 Å². The second-order valence-electron chi connectivity index (χ2n) is 3.91. The van der Waals surface area contributed by atoms with Crippen LogP contribution in [0.5, 0.6) is 0 Å². The summed E-state index contributed by atoms with van der Waals surface area (Å²) in [5, 5.41) is 0. The van der Waals surface area contributed by atoms with Crippen molar-refractivity contribution >= 4 is 0 Å². The molecule has 1 saturated carbocycles. The van der Waals surface area contributed by atoms with Gasteiger partial charge in [0.25, 0.3) is 0 Å². The number of likely N-dealkylation sites (tertiary alicyclic amines) is 1. The molecule has 0 bridgehead atoms. The Hall–Kier alpha value is -0.310. The maximum Gasteiger partial charge on any atom is 0.403 e. The van der Waals surface area contributed by atoms with Crippen molar-refractivity contribution in [1.29, 1.82) is 0 Å². The number of halogens is 2. The van der Waals surface area contributed by atoms with Crippen molar-refractivity contribution in [3.05, 3.63) is 5.92 Å². The summed E-state index contributed by atoms with van der Waals surface area (Å²) < 4.78 is 26.5. The maximum absolute atomic E-state index is 13.3. The molecular formula is C9H14F2N+. The van der Waals surface area contributed by atoms with Crippen molar-refractivity contribution in [1.82, 2.24) is 4.90 Å². The van der Waals surface area contributed by atoms with E-state index >= 15 is 0 Å². The lowest BCUT2D eigenvalue weighted by molar-refractivity contribution is 0.0255. The first-order chi connectivity index (χ1) is 5.61. The SMILES string of the molecule is CN1CC(F)(F)[C+]2CCCCC21. The molecule has 2 aliphatic rings. The smallest absolute Gasteiger partial charge is 0.255 e. The van der Waals surface area contributed by atoms with Crippen LogP contribution in [-0.2, 0) is 0 Å². The molecule has 2 fully saturated rings. The Kier molecular flexibility index (Phi) is 1.79. The summed E-state index contributed by atoms with van der Waals surface area (Å²) in [5.74, 6) is -2.00. The van der Waals surface area contributed by atoms with Gasteiger partial charge in [-0.05, 0) is 19.9 Å². The van der Waals surface area contributed by atoms with Gasteiger partial charge in [-0.1, -0.05) is 0 Å². The van der Waals surface area contributed by atoms with E-state index in [1.165, 1.54) is 0 Å². The van der Waals surface area contributed by atoms with Crippen LogP contribution < -0.4 is 0 Å². The van der Waals surface area contributed by atoms with Gasteiger partial charge in [0.05, 0.1) is 6.42 Å². The first-order valence-electron chi connectivity index (χ1n) is 4.55. The number of alkyl halides is 2.